The van der Waals surface area contributed by atoms with Crippen molar-refractivity contribution in [2.24, 2.45) is 0 Å². The summed E-state index contributed by atoms with van der Waals surface area (Å²) < 4.78 is 15.3. The molecule has 1 aliphatic heterocycles. The highest BCUT2D eigenvalue weighted by Gasteiger charge is 2.32. The van der Waals surface area contributed by atoms with Crippen LogP contribution >= 0.6 is 0 Å². The molecule has 1 aromatic heterocycles. The van der Waals surface area contributed by atoms with Gasteiger partial charge in [-0.3, -0.25) is 9.69 Å². The summed E-state index contributed by atoms with van der Waals surface area (Å²) in [4.78, 5) is 13.9. The fraction of sp³-hybridized carbons (Fsp3) is 0.733. The summed E-state index contributed by atoms with van der Waals surface area (Å²) >= 11 is 0. The maximum Gasteiger partial charge on any atom is 0.239 e. The number of hydrogen-bond donors (Lipinski definition) is 2. The molecule has 7 heteroatoms. The number of rotatable bonds is 5. The number of aliphatic hydroxyl groups excluding tert-OH is 1. The average Bonchev–Trinajstić information content (AvgIpc) is 3.19. The zero-order valence-electron chi connectivity index (χ0n) is 12.6. The van der Waals surface area contributed by atoms with Gasteiger partial charge in [-0.25, -0.2) is 9.07 Å². The van der Waals surface area contributed by atoms with Gasteiger partial charge in [0.1, 0.15) is 12.0 Å². The molecule has 22 heavy (non-hydrogen) atoms. The Morgan fingerprint density at radius 1 is 1.45 bits per heavy atom. The van der Waals surface area contributed by atoms with Gasteiger partial charge in [-0.15, -0.1) is 0 Å². The zero-order chi connectivity index (χ0) is 15.5. The zero-order valence-corrected chi connectivity index (χ0v) is 12.6. The highest BCUT2D eigenvalue weighted by Crippen LogP contribution is 2.31. The van der Waals surface area contributed by atoms with Crippen LogP contribution in [0.3, 0.4) is 0 Å². The first-order valence-electron chi connectivity index (χ1n) is 7.99. The van der Waals surface area contributed by atoms with E-state index in [1.807, 2.05) is 4.68 Å². The third-order valence-corrected chi connectivity index (χ3v) is 4.64. The Hall–Kier alpha value is -1.47. The topological polar surface area (TPSA) is 70.4 Å². The maximum absolute atomic E-state index is 13.4. The number of amides is 1. The van der Waals surface area contributed by atoms with Crippen molar-refractivity contribution in [3.8, 4) is 0 Å². The van der Waals surface area contributed by atoms with E-state index in [0.717, 1.165) is 12.8 Å². The Morgan fingerprint density at radius 2 is 2.23 bits per heavy atom. The quantitative estimate of drug-likeness (QED) is 0.861. The second-order valence-corrected chi connectivity index (χ2v) is 6.25. The lowest BCUT2D eigenvalue weighted by Crippen LogP contribution is -2.39. The van der Waals surface area contributed by atoms with Crippen LogP contribution in [0.1, 0.15) is 38.1 Å². The molecule has 1 saturated carbocycles. The summed E-state index contributed by atoms with van der Waals surface area (Å²) in [6.07, 6.45) is 5.60. The standard InChI is InChI=1S/C15H23FN4O2/c16-11-7-13(10-21)19(8-11)9-15(22)18-14-5-6-17-20(14)12-3-1-2-4-12/h5-6,11-13,21H,1-4,7-10H2,(H,18,22)/t11-,13-/m0/s1. The summed E-state index contributed by atoms with van der Waals surface area (Å²) in [6, 6.07) is 1.89. The molecule has 0 spiro atoms. The molecule has 122 valence electrons. The normalized spacial score (nSPS) is 26.6. The monoisotopic (exact) mass is 310 g/mol. The minimum atomic E-state index is -0.964. The summed E-state index contributed by atoms with van der Waals surface area (Å²) in [6.45, 7) is 0.190. The van der Waals surface area contributed by atoms with Crippen molar-refractivity contribution >= 4 is 11.7 Å². The van der Waals surface area contributed by atoms with Crippen molar-refractivity contribution in [1.82, 2.24) is 14.7 Å². The lowest BCUT2D eigenvalue weighted by Gasteiger charge is -2.22. The van der Waals surface area contributed by atoms with Crippen LogP contribution in [0.2, 0.25) is 0 Å². The van der Waals surface area contributed by atoms with Crippen molar-refractivity contribution in [3.05, 3.63) is 12.3 Å². The Balaban J connectivity index is 1.59. The Bertz CT molecular complexity index is 515. The Labute approximate surface area is 129 Å². The van der Waals surface area contributed by atoms with E-state index < -0.39 is 6.17 Å². The molecule has 2 aliphatic rings. The van der Waals surface area contributed by atoms with E-state index in [0.29, 0.717) is 18.3 Å². The van der Waals surface area contributed by atoms with Gasteiger partial charge in [-0.1, -0.05) is 12.8 Å². The molecule has 1 saturated heterocycles. The average molecular weight is 310 g/mol. The number of alkyl halides is 1. The lowest BCUT2D eigenvalue weighted by atomic mass is 10.2. The molecule has 2 atom stereocenters. The van der Waals surface area contributed by atoms with Crippen molar-refractivity contribution in [2.75, 3.05) is 25.0 Å². The van der Waals surface area contributed by atoms with Crippen LogP contribution in [0.5, 0.6) is 0 Å². The summed E-state index contributed by atoms with van der Waals surface area (Å²) in [7, 11) is 0. The van der Waals surface area contributed by atoms with E-state index in [4.69, 9.17) is 0 Å². The van der Waals surface area contributed by atoms with Gasteiger partial charge < -0.3 is 10.4 Å². The van der Waals surface area contributed by atoms with Crippen molar-refractivity contribution < 1.29 is 14.3 Å². The van der Waals surface area contributed by atoms with Gasteiger partial charge in [-0.2, -0.15) is 5.10 Å². The SMILES string of the molecule is O=C(CN1C[C@@H](F)C[C@H]1CO)Nc1ccnn1C1CCCC1. The van der Waals surface area contributed by atoms with Crippen molar-refractivity contribution in [2.45, 2.75) is 50.4 Å². The molecule has 1 aromatic rings. The van der Waals surface area contributed by atoms with Gasteiger partial charge >= 0.3 is 0 Å². The third kappa shape index (κ3) is 3.30. The predicted octanol–water partition coefficient (Wildman–Crippen LogP) is 1.34. The van der Waals surface area contributed by atoms with E-state index in [1.165, 1.54) is 12.8 Å². The summed E-state index contributed by atoms with van der Waals surface area (Å²) in [5, 5.41) is 16.4. The largest absolute Gasteiger partial charge is 0.395 e. The summed E-state index contributed by atoms with van der Waals surface area (Å²) in [5.41, 5.74) is 0. The number of aromatic nitrogens is 2. The number of carbonyl (C=O) groups excluding carboxylic acids is 1. The minimum absolute atomic E-state index is 0.0987. The molecular formula is C15H23FN4O2. The molecule has 2 heterocycles. The Kier molecular flexibility index (Phi) is 4.73. The van der Waals surface area contributed by atoms with E-state index in [1.54, 1.807) is 17.2 Å². The highest BCUT2D eigenvalue weighted by molar-refractivity contribution is 5.91. The molecule has 0 radical (unpaired) electrons. The van der Waals surface area contributed by atoms with Gasteiger partial charge in [0.2, 0.25) is 5.91 Å². The fourth-order valence-electron chi connectivity index (χ4n) is 3.53. The predicted molar refractivity (Wildman–Crippen MR) is 80.3 cm³/mol. The number of anilines is 1. The maximum atomic E-state index is 13.4. The fourth-order valence-corrected chi connectivity index (χ4v) is 3.53. The van der Waals surface area contributed by atoms with E-state index in [2.05, 4.69) is 10.4 Å². The molecule has 0 aromatic carbocycles. The number of carbonyl (C=O) groups is 1. The van der Waals surface area contributed by atoms with Gasteiger partial charge in [0, 0.05) is 18.7 Å². The number of nitrogens with zero attached hydrogens (tertiary/aromatic N) is 3. The molecular weight excluding hydrogens is 287 g/mol. The first kappa shape index (κ1) is 15.4. The lowest BCUT2D eigenvalue weighted by molar-refractivity contribution is -0.117. The number of aliphatic hydroxyl groups is 1. The van der Waals surface area contributed by atoms with Gasteiger partial charge in [0.05, 0.1) is 25.4 Å². The second-order valence-electron chi connectivity index (χ2n) is 6.25. The Morgan fingerprint density at radius 3 is 2.95 bits per heavy atom. The smallest absolute Gasteiger partial charge is 0.239 e. The van der Waals surface area contributed by atoms with E-state index in [-0.39, 0.29) is 31.6 Å². The van der Waals surface area contributed by atoms with Crippen molar-refractivity contribution in [3.63, 3.8) is 0 Å². The number of hydrogen-bond acceptors (Lipinski definition) is 4. The molecule has 1 aliphatic carbocycles. The van der Waals surface area contributed by atoms with Crippen LogP contribution in [0.15, 0.2) is 12.3 Å². The molecule has 6 nitrogen and oxygen atoms in total. The van der Waals surface area contributed by atoms with Crippen LogP contribution < -0.4 is 5.32 Å². The van der Waals surface area contributed by atoms with Crippen LogP contribution in [0, 0.1) is 0 Å². The molecule has 2 N–H and O–H groups in total. The van der Waals surface area contributed by atoms with Gasteiger partial charge in [0.25, 0.3) is 0 Å². The number of likely N-dealkylation sites (tertiary alicyclic amines) is 1. The van der Waals surface area contributed by atoms with Crippen LogP contribution in [-0.2, 0) is 4.79 Å². The van der Waals surface area contributed by atoms with Crippen LogP contribution in [0.25, 0.3) is 0 Å². The second kappa shape index (κ2) is 6.75. The number of nitrogens with one attached hydrogen (secondary N) is 1. The highest BCUT2D eigenvalue weighted by atomic mass is 19.1. The molecule has 2 fully saturated rings. The van der Waals surface area contributed by atoms with E-state index >= 15 is 0 Å². The molecule has 0 bridgehead atoms. The number of halogens is 1. The van der Waals surface area contributed by atoms with E-state index in [9.17, 15) is 14.3 Å². The van der Waals surface area contributed by atoms with Crippen LogP contribution in [0.4, 0.5) is 10.2 Å². The van der Waals surface area contributed by atoms with Gasteiger partial charge in [-0.05, 0) is 19.3 Å². The third-order valence-electron chi connectivity index (χ3n) is 4.64. The molecule has 3 rings (SSSR count). The molecule has 1 amide bonds. The summed E-state index contributed by atoms with van der Waals surface area (Å²) in [5.74, 6) is 0.515. The first-order chi connectivity index (χ1) is 10.7. The first-order valence-corrected chi connectivity index (χ1v) is 7.99. The minimum Gasteiger partial charge on any atom is -0.395 e. The van der Waals surface area contributed by atoms with Crippen LogP contribution in [-0.4, -0.2) is 57.6 Å². The molecule has 0 unspecified atom stereocenters. The van der Waals surface area contributed by atoms with Gasteiger partial charge in [0.15, 0.2) is 0 Å². The van der Waals surface area contributed by atoms with Crippen molar-refractivity contribution in [1.29, 1.82) is 0 Å².